The van der Waals surface area contributed by atoms with Crippen LogP contribution in [-0.2, 0) is 13.6 Å². The largest absolute Gasteiger partial charge is 0.368 e. The van der Waals surface area contributed by atoms with E-state index < -0.39 is 0 Å². The number of piperazine rings is 2. The summed E-state index contributed by atoms with van der Waals surface area (Å²) in [6, 6.07) is 18.3. The highest BCUT2D eigenvalue weighted by Gasteiger charge is 2.31. The van der Waals surface area contributed by atoms with Gasteiger partial charge in [0.15, 0.2) is 0 Å². The second kappa shape index (κ2) is 10.7. The number of aromatic nitrogens is 2. The van der Waals surface area contributed by atoms with Crippen LogP contribution in [0.2, 0.25) is 0 Å². The molecule has 0 bridgehead atoms. The molecule has 0 radical (unpaired) electrons. The predicted octanol–water partition coefficient (Wildman–Crippen LogP) is 3.27. The normalized spacial score (nSPS) is 18.6. The number of nitriles is 1. The average molecular weight is 498 g/mol. The van der Waals surface area contributed by atoms with Crippen molar-refractivity contribution in [2.45, 2.75) is 26.4 Å². The molecule has 8 nitrogen and oxygen atoms in total. The minimum Gasteiger partial charge on any atom is -0.368 e. The zero-order valence-electron chi connectivity index (χ0n) is 22.0. The quantitative estimate of drug-likeness (QED) is 0.539. The van der Waals surface area contributed by atoms with E-state index in [0.717, 1.165) is 74.3 Å². The Bertz CT molecular complexity index is 1290. The van der Waals surface area contributed by atoms with E-state index in [1.165, 1.54) is 5.56 Å². The summed E-state index contributed by atoms with van der Waals surface area (Å²) >= 11 is 0. The summed E-state index contributed by atoms with van der Waals surface area (Å²) in [5, 5.41) is 9.45. The van der Waals surface area contributed by atoms with Gasteiger partial charge in [0.2, 0.25) is 0 Å². The minimum atomic E-state index is 0.1000. The topological polar surface area (TPSA) is 71.6 Å². The third-order valence-electron chi connectivity index (χ3n) is 7.85. The molecule has 3 aromatic rings. The number of benzene rings is 1. The maximum absolute atomic E-state index is 13.6. The second-order valence-corrected chi connectivity index (χ2v) is 10.1. The van der Waals surface area contributed by atoms with Crippen molar-refractivity contribution in [1.29, 1.82) is 5.26 Å². The van der Waals surface area contributed by atoms with E-state index >= 15 is 0 Å². The van der Waals surface area contributed by atoms with Gasteiger partial charge in [0.1, 0.15) is 17.6 Å². The Kier molecular flexibility index (Phi) is 7.15. The van der Waals surface area contributed by atoms with Crippen LogP contribution >= 0.6 is 0 Å². The smallest absolute Gasteiger partial charge is 0.270 e. The maximum Gasteiger partial charge on any atom is 0.270 e. The molecule has 1 atom stereocenters. The van der Waals surface area contributed by atoms with E-state index in [9.17, 15) is 10.1 Å². The van der Waals surface area contributed by atoms with Gasteiger partial charge in [-0.15, -0.1) is 0 Å². The summed E-state index contributed by atoms with van der Waals surface area (Å²) in [5.41, 5.74) is 4.85. The van der Waals surface area contributed by atoms with E-state index in [0.29, 0.717) is 6.54 Å². The van der Waals surface area contributed by atoms with Crippen LogP contribution < -0.4 is 9.80 Å². The number of carbonyl (C=O) groups excluding carboxylic acids is 1. The van der Waals surface area contributed by atoms with Crippen molar-refractivity contribution in [3.05, 3.63) is 77.2 Å². The Morgan fingerprint density at radius 3 is 2.46 bits per heavy atom. The molecule has 37 heavy (non-hydrogen) atoms. The lowest BCUT2D eigenvalue weighted by atomic mass is 10.1. The highest BCUT2D eigenvalue weighted by Crippen LogP contribution is 2.24. The molecular formula is C29H35N7O. The van der Waals surface area contributed by atoms with Gasteiger partial charge >= 0.3 is 0 Å². The summed E-state index contributed by atoms with van der Waals surface area (Å²) in [6.07, 6.45) is 1.82. The standard InChI is InChI=1S/C29H35N7O/c1-22-20-35(28-10-6-7-11-31-28)16-17-36(22)29(37)27-18-25(23(2)32(27)3)21-33-12-14-34(15-13-33)26-9-5-4-8-24(26)19-30/h4-11,18,22H,12-17,20-21H2,1-3H3/t22-/m0/s1. The lowest BCUT2D eigenvalue weighted by Gasteiger charge is -2.40. The van der Waals surface area contributed by atoms with Crippen molar-refractivity contribution in [3.8, 4) is 6.07 Å². The number of hydrogen-bond acceptors (Lipinski definition) is 6. The third-order valence-corrected chi connectivity index (χ3v) is 7.85. The van der Waals surface area contributed by atoms with Crippen molar-refractivity contribution >= 4 is 17.4 Å². The molecular weight excluding hydrogens is 462 g/mol. The van der Waals surface area contributed by atoms with Gasteiger partial charge in [-0.1, -0.05) is 18.2 Å². The van der Waals surface area contributed by atoms with E-state index in [4.69, 9.17) is 0 Å². The molecule has 2 fully saturated rings. The fourth-order valence-electron chi connectivity index (χ4n) is 5.51. The van der Waals surface area contributed by atoms with Crippen LogP contribution in [-0.4, -0.2) is 77.1 Å². The number of anilines is 2. The van der Waals surface area contributed by atoms with Crippen LogP contribution in [0.3, 0.4) is 0 Å². The minimum absolute atomic E-state index is 0.1000. The fourth-order valence-corrected chi connectivity index (χ4v) is 5.51. The van der Waals surface area contributed by atoms with Gasteiger partial charge in [0.05, 0.1) is 11.3 Å². The zero-order valence-corrected chi connectivity index (χ0v) is 22.0. The third kappa shape index (κ3) is 5.05. The molecule has 2 aliphatic rings. The van der Waals surface area contributed by atoms with Gasteiger partial charge in [-0.3, -0.25) is 9.69 Å². The number of carbonyl (C=O) groups is 1. The summed E-state index contributed by atoms with van der Waals surface area (Å²) in [7, 11) is 2.00. The Balaban J connectivity index is 1.22. The van der Waals surface area contributed by atoms with Gasteiger partial charge in [-0.25, -0.2) is 4.98 Å². The Hall–Kier alpha value is -3.83. The van der Waals surface area contributed by atoms with Crippen LogP contribution in [0.1, 0.15) is 34.2 Å². The van der Waals surface area contributed by atoms with Crippen LogP contribution in [0.4, 0.5) is 11.5 Å². The molecule has 2 aromatic heterocycles. The fraction of sp³-hybridized carbons (Fsp3) is 0.414. The van der Waals surface area contributed by atoms with Crippen molar-refractivity contribution in [1.82, 2.24) is 19.4 Å². The van der Waals surface area contributed by atoms with Gasteiger partial charge in [0, 0.05) is 77.3 Å². The number of nitrogens with zero attached hydrogens (tertiary/aromatic N) is 7. The number of para-hydroxylation sites is 1. The molecule has 1 amide bonds. The predicted molar refractivity (Wildman–Crippen MR) is 146 cm³/mol. The molecule has 0 spiro atoms. The number of rotatable bonds is 5. The van der Waals surface area contributed by atoms with Crippen molar-refractivity contribution < 1.29 is 4.79 Å². The van der Waals surface area contributed by atoms with E-state index in [2.05, 4.69) is 50.2 Å². The molecule has 2 saturated heterocycles. The molecule has 2 aliphatic heterocycles. The zero-order chi connectivity index (χ0) is 25.9. The van der Waals surface area contributed by atoms with Gasteiger partial charge in [-0.2, -0.15) is 5.26 Å². The Labute approximate surface area is 219 Å². The van der Waals surface area contributed by atoms with Gasteiger partial charge in [-0.05, 0) is 49.7 Å². The highest BCUT2D eigenvalue weighted by atomic mass is 16.2. The molecule has 0 unspecified atom stereocenters. The average Bonchev–Trinajstić information content (AvgIpc) is 3.22. The van der Waals surface area contributed by atoms with Crippen molar-refractivity contribution in [2.24, 2.45) is 7.05 Å². The molecule has 0 N–H and O–H groups in total. The summed E-state index contributed by atoms with van der Waals surface area (Å²) in [4.78, 5) is 27.1. The molecule has 192 valence electrons. The second-order valence-electron chi connectivity index (χ2n) is 10.1. The molecule has 5 rings (SSSR count). The number of pyridine rings is 1. The maximum atomic E-state index is 13.6. The monoisotopic (exact) mass is 497 g/mol. The lowest BCUT2D eigenvalue weighted by Crippen LogP contribution is -2.54. The van der Waals surface area contributed by atoms with Gasteiger partial charge < -0.3 is 19.3 Å². The first-order chi connectivity index (χ1) is 18.0. The van der Waals surface area contributed by atoms with Crippen molar-refractivity contribution in [3.63, 3.8) is 0 Å². The van der Waals surface area contributed by atoms with Crippen LogP contribution in [0.25, 0.3) is 0 Å². The van der Waals surface area contributed by atoms with Crippen molar-refractivity contribution in [2.75, 3.05) is 55.6 Å². The molecule has 0 aliphatic carbocycles. The number of hydrogen-bond donors (Lipinski definition) is 0. The van der Waals surface area contributed by atoms with E-state index in [1.807, 2.05) is 60.6 Å². The van der Waals surface area contributed by atoms with Crippen LogP contribution in [0.15, 0.2) is 54.7 Å². The van der Waals surface area contributed by atoms with Gasteiger partial charge in [0.25, 0.3) is 5.91 Å². The summed E-state index contributed by atoms with van der Waals surface area (Å²) < 4.78 is 2.05. The molecule has 4 heterocycles. The molecule has 0 saturated carbocycles. The first-order valence-corrected chi connectivity index (χ1v) is 13.0. The first kappa shape index (κ1) is 24.8. The Morgan fingerprint density at radius 1 is 1.03 bits per heavy atom. The highest BCUT2D eigenvalue weighted by molar-refractivity contribution is 5.93. The molecule has 8 heteroatoms. The van der Waals surface area contributed by atoms with E-state index in [1.54, 1.807) is 0 Å². The first-order valence-electron chi connectivity index (χ1n) is 13.0. The summed E-state index contributed by atoms with van der Waals surface area (Å²) in [6.45, 7) is 10.9. The van der Waals surface area contributed by atoms with E-state index in [-0.39, 0.29) is 11.9 Å². The lowest BCUT2D eigenvalue weighted by molar-refractivity contribution is 0.0663. The number of amides is 1. The molecule has 1 aromatic carbocycles. The SMILES string of the molecule is Cc1c(CN2CCN(c3ccccc3C#N)CC2)cc(C(=O)N2CCN(c3ccccn3)C[C@@H]2C)n1C. The van der Waals surface area contributed by atoms with Crippen LogP contribution in [0, 0.1) is 18.3 Å². The van der Waals surface area contributed by atoms with Crippen LogP contribution in [0.5, 0.6) is 0 Å². The summed E-state index contributed by atoms with van der Waals surface area (Å²) in [5.74, 6) is 1.07. The Morgan fingerprint density at radius 2 is 1.76 bits per heavy atom.